The minimum atomic E-state index is -2.04. The molecular formula is C24H48O2Si3. The lowest BCUT2D eigenvalue weighted by atomic mass is 9.87. The fourth-order valence-electron chi connectivity index (χ4n) is 7.98. The van der Waals surface area contributed by atoms with Crippen molar-refractivity contribution in [3.8, 4) is 0 Å². The van der Waals surface area contributed by atoms with Crippen LogP contribution in [-0.4, -0.2) is 25.2 Å². The highest BCUT2D eigenvalue weighted by atomic mass is 28.5. The van der Waals surface area contributed by atoms with Gasteiger partial charge in [0.25, 0.3) is 0 Å². The largest absolute Gasteiger partial charge is 0.437 e. The van der Waals surface area contributed by atoms with Crippen molar-refractivity contribution >= 4 is 25.2 Å². The molecule has 4 saturated carbocycles. The second-order valence-corrected chi connectivity index (χ2v) is 25.5. The fraction of sp³-hybridized carbons (Fsp3) is 1.00. The predicted molar refractivity (Wildman–Crippen MR) is 131 cm³/mol. The van der Waals surface area contributed by atoms with Crippen molar-refractivity contribution in [1.29, 1.82) is 0 Å². The molecule has 4 aliphatic carbocycles. The zero-order chi connectivity index (χ0) is 20.9. The Morgan fingerprint density at radius 3 is 1.31 bits per heavy atom. The highest BCUT2D eigenvalue weighted by Gasteiger charge is 2.44. The average molecular weight is 453 g/mol. The molecule has 0 heterocycles. The summed E-state index contributed by atoms with van der Waals surface area (Å²) in [5.41, 5.74) is 0. The van der Waals surface area contributed by atoms with E-state index < -0.39 is 25.2 Å². The van der Waals surface area contributed by atoms with Gasteiger partial charge in [0.15, 0.2) is 16.6 Å². The first kappa shape index (κ1) is 22.8. The first-order chi connectivity index (χ1) is 13.5. The van der Waals surface area contributed by atoms with Crippen LogP contribution in [0.3, 0.4) is 0 Å². The summed E-state index contributed by atoms with van der Waals surface area (Å²) in [6.45, 7) is 14.5. The van der Waals surface area contributed by atoms with Crippen molar-refractivity contribution in [3.05, 3.63) is 0 Å². The first-order valence-corrected chi connectivity index (χ1v) is 22.0. The van der Waals surface area contributed by atoms with E-state index in [4.69, 9.17) is 8.23 Å². The van der Waals surface area contributed by atoms with Crippen LogP contribution in [0.4, 0.5) is 0 Å². The second-order valence-electron chi connectivity index (χ2n) is 13.1. The van der Waals surface area contributed by atoms with Crippen molar-refractivity contribution in [1.82, 2.24) is 0 Å². The van der Waals surface area contributed by atoms with Gasteiger partial charge in [-0.3, -0.25) is 0 Å². The van der Waals surface area contributed by atoms with E-state index in [1.807, 2.05) is 0 Å². The van der Waals surface area contributed by atoms with Crippen molar-refractivity contribution in [2.45, 2.75) is 116 Å². The minimum absolute atomic E-state index is 1.02. The number of hydrogen-bond donors (Lipinski definition) is 0. The molecule has 0 amide bonds. The Morgan fingerprint density at radius 2 is 1.00 bits per heavy atom. The van der Waals surface area contributed by atoms with Crippen molar-refractivity contribution < 1.29 is 8.23 Å². The lowest BCUT2D eigenvalue weighted by Gasteiger charge is -2.39. The van der Waals surface area contributed by atoms with Gasteiger partial charge >= 0.3 is 8.56 Å². The van der Waals surface area contributed by atoms with Crippen molar-refractivity contribution in [2.24, 2.45) is 35.5 Å². The fourth-order valence-corrected chi connectivity index (χ4v) is 22.1. The molecule has 2 nitrogen and oxygen atoms in total. The lowest BCUT2D eigenvalue weighted by Crippen LogP contribution is -2.52. The van der Waals surface area contributed by atoms with Gasteiger partial charge in [0.2, 0.25) is 0 Å². The van der Waals surface area contributed by atoms with Gasteiger partial charge in [-0.15, -0.1) is 0 Å². The van der Waals surface area contributed by atoms with Gasteiger partial charge < -0.3 is 8.23 Å². The Bertz CT molecular complexity index is 528. The Labute approximate surface area is 184 Å². The molecule has 0 saturated heterocycles. The topological polar surface area (TPSA) is 18.5 Å². The molecule has 4 aliphatic rings. The molecule has 0 aromatic carbocycles. The normalized spacial score (nSPS) is 37.0. The summed E-state index contributed by atoms with van der Waals surface area (Å²) in [5, 5.41) is 0. The maximum Gasteiger partial charge on any atom is 0.311 e. The molecule has 0 spiro atoms. The molecule has 5 heteroatoms. The van der Waals surface area contributed by atoms with Gasteiger partial charge in [-0.25, -0.2) is 0 Å². The highest BCUT2D eigenvalue weighted by Crippen LogP contribution is 2.51. The van der Waals surface area contributed by atoms with Gasteiger partial charge in [-0.1, -0.05) is 25.7 Å². The smallest absolute Gasteiger partial charge is 0.311 e. The average Bonchev–Trinajstić information content (AvgIpc) is 3.36. The summed E-state index contributed by atoms with van der Waals surface area (Å²) in [6.07, 6.45) is 15.1. The molecule has 0 aliphatic heterocycles. The third-order valence-electron chi connectivity index (χ3n) is 9.05. The molecule has 29 heavy (non-hydrogen) atoms. The van der Waals surface area contributed by atoms with Crippen LogP contribution in [0, 0.1) is 35.5 Å². The predicted octanol–water partition coefficient (Wildman–Crippen LogP) is 7.78. The van der Waals surface area contributed by atoms with Gasteiger partial charge in [0.05, 0.1) is 0 Å². The van der Waals surface area contributed by atoms with E-state index in [1.54, 1.807) is 12.8 Å². The van der Waals surface area contributed by atoms with Crippen LogP contribution in [0.5, 0.6) is 0 Å². The van der Waals surface area contributed by atoms with E-state index in [2.05, 4.69) is 39.3 Å². The van der Waals surface area contributed by atoms with E-state index in [9.17, 15) is 0 Å². The molecule has 0 aromatic rings. The molecule has 4 rings (SSSR count). The monoisotopic (exact) mass is 452 g/mol. The maximum absolute atomic E-state index is 6.91. The number of hydrogen-bond acceptors (Lipinski definition) is 2. The van der Waals surface area contributed by atoms with Gasteiger partial charge in [-0.05, 0) is 125 Å². The quantitative estimate of drug-likeness (QED) is 0.315. The Balaban J connectivity index is 1.22. The van der Waals surface area contributed by atoms with Crippen LogP contribution in [-0.2, 0) is 8.23 Å². The van der Waals surface area contributed by atoms with Gasteiger partial charge in [0, 0.05) is 0 Å². The molecular weight excluding hydrogens is 405 g/mol. The SMILES string of the molecule is C[Si](C)(CCC1CC2CCC1C2)O[Si](C)(C)O[Si](C)(C)CCC1CC2CCC1C2. The summed E-state index contributed by atoms with van der Waals surface area (Å²) in [5.74, 6) is 6.30. The Kier molecular flexibility index (Phi) is 6.66. The van der Waals surface area contributed by atoms with Crippen molar-refractivity contribution in [3.63, 3.8) is 0 Å². The maximum atomic E-state index is 6.91. The number of fused-ring (bicyclic) bond motifs is 4. The molecule has 6 unspecified atom stereocenters. The second kappa shape index (κ2) is 8.49. The van der Waals surface area contributed by atoms with Crippen LogP contribution in [0.2, 0.25) is 51.4 Å². The molecule has 0 aromatic heterocycles. The summed E-state index contributed by atoms with van der Waals surface area (Å²) >= 11 is 0. The minimum Gasteiger partial charge on any atom is -0.437 e. The van der Waals surface area contributed by atoms with Crippen molar-refractivity contribution in [2.75, 3.05) is 0 Å². The third kappa shape index (κ3) is 5.88. The van der Waals surface area contributed by atoms with Gasteiger partial charge in [-0.2, -0.15) is 0 Å². The van der Waals surface area contributed by atoms with Crippen LogP contribution >= 0.6 is 0 Å². The molecule has 0 radical (unpaired) electrons. The number of rotatable bonds is 10. The Hall–Kier alpha value is 0.571. The summed E-state index contributed by atoms with van der Waals surface area (Å²) < 4.78 is 13.8. The highest BCUT2D eigenvalue weighted by molar-refractivity contribution is 6.87. The Morgan fingerprint density at radius 1 is 0.586 bits per heavy atom. The van der Waals surface area contributed by atoms with Gasteiger partial charge in [0.1, 0.15) is 0 Å². The van der Waals surface area contributed by atoms with Crippen LogP contribution < -0.4 is 0 Å². The van der Waals surface area contributed by atoms with E-state index in [0.717, 1.165) is 35.5 Å². The summed E-state index contributed by atoms with van der Waals surface area (Å²) in [4.78, 5) is 0. The first-order valence-electron chi connectivity index (χ1n) is 12.9. The van der Waals surface area contributed by atoms with E-state index in [-0.39, 0.29) is 0 Å². The van der Waals surface area contributed by atoms with E-state index >= 15 is 0 Å². The van der Waals surface area contributed by atoms with Crippen LogP contribution in [0.15, 0.2) is 0 Å². The third-order valence-corrected chi connectivity index (χ3v) is 20.4. The lowest BCUT2D eigenvalue weighted by molar-refractivity contribution is 0.313. The summed E-state index contributed by atoms with van der Waals surface area (Å²) in [7, 11) is -5.31. The van der Waals surface area contributed by atoms with E-state index in [1.165, 1.54) is 63.5 Å². The van der Waals surface area contributed by atoms with Crippen LogP contribution in [0.25, 0.3) is 0 Å². The molecule has 168 valence electrons. The zero-order valence-electron chi connectivity index (χ0n) is 20.3. The molecule has 4 bridgehead atoms. The standard InChI is InChI=1S/C24H48O2Si3/c1-27(2,13-11-23-17-19-7-9-21(23)15-19)25-29(5,6)26-28(3,4)14-12-24-18-20-8-10-22(24)16-20/h19-24H,7-18H2,1-6H3. The zero-order valence-corrected chi connectivity index (χ0v) is 23.3. The molecule has 4 fully saturated rings. The molecule has 6 atom stereocenters. The molecule has 0 N–H and O–H groups in total. The van der Waals surface area contributed by atoms with E-state index in [0.29, 0.717) is 0 Å². The van der Waals surface area contributed by atoms with Crippen LogP contribution in [0.1, 0.15) is 64.2 Å². The summed E-state index contributed by atoms with van der Waals surface area (Å²) in [6, 6.07) is 2.68.